The van der Waals surface area contributed by atoms with Crippen LogP contribution in [0.5, 0.6) is 0 Å². The molecular weight excluding hydrogens is 388 g/mol. The second-order valence-electron chi connectivity index (χ2n) is 6.89. The number of hydrogen-bond acceptors (Lipinski definition) is 7. The summed E-state index contributed by atoms with van der Waals surface area (Å²) in [6, 6.07) is 15.8. The Labute approximate surface area is 169 Å². The molecule has 1 fully saturated rings. The smallest absolute Gasteiger partial charge is 0.200 e. The van der Waals surface area contributed by atoms with Crippen molar-refractivity contribution in [1.82, 2.24) is 9.97 Å². The fraction of sp³-hybridized carbons (Fsp3) is 0.286. The van der Waals surface area contributed by atoms with Gasteiger partial charge in [0.25, 0.3) is 0 Å². The molecule has 4 rings (SSSR count). The first-order chi connectivity index (χ1) is 14.0. The summed E-state index contributed by atoms with van der Waals surface area (Å²) in [5, 5.41) is 8.44. The van der Waals surface area contributed by atoms with E-state index in [2.05, 4.69) is 9.97 Å². The number of nitriles is 1. The molecule has 0 spiro atoms. The number of aryl methyl sites for hydroxylation is 1. The topological polar surface area (TPSA) is 96.2 Å². The summed E-state index contributed by atoms with van der Waals surface area (Å²) in [6.45, 7) is 3.95. The van der Waals surface area contributed by atoms with Gasteiger partial charge in [-0.05, 0) is 36.8 Å². The summed E-state index contributed by atoms with van der Waals surface area (Å²) in [6.07, 6.45) is 0. The van der Waals surface area contributed by atoms with E-state index in [9.17, 15) is 13.7 Å². The van der Waals surface area contributed by atoms with Crippen molar-refractivity contribution in [2.24, 2.45) is 0 Å². The van der Waals surface area contributed by atoms with Crippen molar-refractivity contribution >= 4 is 26.7 Å². The molecule has 0 saturated carbocycles. The number of rotatable bonds is 4. The first-order valence-electron chi connectivity index (χ1n) is 9.30. The maximum atomic E-state index is 13.4. The van der Waals surface area contributed by atoms with Crippen LogP contribution in [0.15, 0.2) is 53.4 Å². The van der Waals surface area contributed by atoms with E-state index in [1.165, 1.54) is 6.07 Å². The maximum absolute atomic E-state index is 13.4. The van der Waals surface area contributed by atoms with E-state index in [0.717, 1.165) is 5.56 Å². The molecule has 8 heteroatoms. The minimum atomic E-state index is -3.98. The molecule has 0 bridgehead atoms. The molecule has 0 radical (unpaired) electrons. The molecule has 1 saturated heterocycles. The lowest BCUT2D eigenvalue weighted by Crippen LogP contribution is -2.38. The van der Waals surface area contributed by atoms with Crippen molar-refractivity contribution in [2.75, 3.05) is 31.2 Å². The number of hydrogen-bond donors (Lipinski definition) is 0. The molecule has 0 aliphatic carbocycles. The van der Waals surface area contributed by atoms with Crippen LogP contribution >= 0.6 is 0 Å². The van der Waals surface area contributed by atoms with Crippen molar-refractivity contribution in [2.45, 2.75) is 17.1 Å². The first-order valence-corrected chi connectivity index (χ1v) is 10.8. The van der Waals surface area contributed by atoms with Gasteiger partial charge in [-0.2, -0.15) is 5.26 Å². The molecule has 3 aromatic rings. The van der Waals surface area contributed by atoms with Gasteiger partial charge in [-0.15, -0.1) is 0 Å². The Balaban J connectivity index is 1.91. The molecule has 1 atom stereocenters. The van der Waals surface area contributed by atoms with Crippen LogP contribution in [0.2, 0.25) is 0 Å². The SMILES string of the molecule is Cc1cccc(S(=O)(=O)[C@@H](C#N)c2nc3ccccc3nc2N2CCOCC2)c1. The van der Waals surface area contributed by atoms with Gasteiger partial charge in [-0.3, -0.25) is 0 Å². The number of fused-ring (bicyclic) bond motifs is 1. The predicted octanol–water partition coefficient (Wildman–Crippen LogP) is 2.81. The van der Waals surface area contributed by atoms with Gasteiger partial charge in [-0.25, -0.2) is 18.4 Å². The Morgan fingerprint density at radius 1 is 1.07 bits per heavy atom. The van der Waals surface area contributed by atoms with Gasteiger partial charge in [-0.1, -0.05) is 24.3 Å². The average molecular weight is 408 g/mol. The quantitative estimate of drug-likeness (QED) is 0.655. The van der Waals surface area contributed by atoms with Gasteiger partial charge in [0, 0.05) is 13.1 Å². The molecule has 0 amide bonds. The molecule has 1 aliphatic heterocycles. The van der Waals surface area contributed by atoms with Crippen LogP contribution in [-0.4, -0.2) is 44.7 Å². The normalized spacial score (nSPS) is 15.8. The molecule has 7 nitrogen and oxygen atoms in total. The summed E-state index contributed by atoms with van der Waals surface area (Å²) >= 11 is 0. The van der Waals surface area contributed by atoms with Gasteiger partial charge in [0.05, 0.1) is 35.2 Å². The third-order valence-electron chi connectivity index (χ3n) is 4.88. The lowest BCUT2D eigenvalue weighted by atomic mass is 10.2. The van der Waals surface area contributed by atoms with Gasteiger partial charge in [0.1, 0.15) is 5.69 Å². The number of anilines is 1. The Kier molecular flexibility index (Phi) is 5.18. The number of ether oxygens (including phenoxy) is 1. The fourth-order valence-corrected chi connectivity index (χ4v) is 4.88. The highest BCUT2D eigenvalue weighted by atomic mass is 32.2. The highest BCUT2D eigenvalue weighted by molar-refractivity contribution is 7.92. The number of nitrogens with zero attached hydrogens (tertiary/aromatic N) is 4. The van der Waals surface area contributed by atoms with E-state index in [0.29, 0.717) is 43.2 Å². The first kappa shape index (κ1) is 19.3. The molecule has 1 aromatic heterocycles. The zero-order valence-corrected chi connectivity index (χ0v) is 16.8. The summed E-state index contributed by atoms with van der Waals surface area (Å²) in [5.74, 6) is 0.426. The number of benzene rings is 2. The number of morpholine rings is 1. The molecular formula is C21H20N4O3S. The van der Waals surface area contributed by atoms with Gasteiger partial charge < -0.3 is 9.64 Å². The van der Waals surface area contributed by atoms with Crippen LogP contribution in [0.1, 0.15) is 16.5 Å². The van der Waals surface area contributed by atoms with Gasteiger partial charge >= 0.3 is 0 Å². The monoisotopic (exact) mass is 408 g/mol. The van der Waals surface area contributed by atoms with Gasteiger partial charge in [0.15, 0.2) is 11.1 Å². The maximum Gasteiger partial charge on any atom is 0.200 e. The van der Waals surface area contributed by atoms with Crippen molar-refractivity contribution in [3.05, 3.63) is 59.8 Å². The van der Waals surface area contributed by atoms with E-state index in [4.69, 9.17) is 4.74 Å². The third kappa shape index (κ3) is 3.67. The van der Waals surface area contributed by atoms with Crippen LogP contribution in [0, 0.1) is 18.3 Å². The van der Waals surface area contributed by atoms with E-state index < -0.39 is 15.1 Å². The fourth-order valence-electron chi connectivity index (χ4n) is 3.39. The average Bonchev–Trinajstić information content (AvgIpc) is 2.74. The minimum Gasteiger partial charge on any atom is -0.378 e. The van der Waals surface area contributed by atoms with Crippen molar-refractivity contribution in [1.29, 1.82) is 5.26 Å². The predicted molar refractivity (Wildman–Crippen MR) is 109 cm³/mol. The molecule has 2 heterocycles. The second kappa shape index (κ2) is 7.78. The Hall–Kier alpha value is -3.02. The van der Waals surface area contributed by atoms with Crippen LogP contribution in [0.25, 0.3) is 11.0 Å². The second-order valence-corrected chi connectivity index (χ2v) is 8.92. The van der Waals surface area contributed by atoms with Crippen molar-refractivity contribution in [3.63, 3.8) is 0 Å². The number of para-hydroxylation sites is 2. The Morgan fingerprint density at radius 2 is 1.76 bits per heavy atom. The third-order valence-corrected chi connectivity index (χ3v) is 6.74. The lowest BCUT2D eigenvalue weighted by molar-refractivity contribution is 0.122. The number of aromatic nitrogens is 2. The minimum absolute atomic E-state index is 0.104. The van der Waals surface area contributed by atoms with Crippen LogP contribution in [0.3, 0.4) is 0 Å². The summed E-state index contributed by atoms with van der Waals surface area (Å²) < 4.78 is 32.1. The largest absolute Gasteiger partial charge is 0.378 e. The van der Waals surface area contributed by atoms with Gasteiger partial charge in [0.2, 0.25) is 9.84 Å². The summed E-state index contributed by atoms with van der Waals surface area (Å²) in [4.78, 5) is 11.3. The molecule has 29 heavy (non-hydrogen) atoms. The van der Waals surface area contributed by atoms with Crippen LogP contribution < -0.4 is 4.90 Å². The van der Waals surface area contributed by atoms with E-state index in [-0.39, 0.29) is 10.6 Å². The lowest BCUT2D eigenvalue weighted by Gasteiger charge is -2.30. The standard InChI is InChI=1S/C21H20N4O3S/c1-15-5-4-6-16(13-15)29(26,27)19(14-22)20-21(25-9-11-28-12-10-25)24-18-8-3-2-7-17(18)23-20/h2-8,13,19H,9-12H2,1H3/t19-/m0/s1. The highest BCUT2D eigenvalue weighted by Gasteiger charge is 2.35. The molecule has 148 valence electrons. The zero-order chi connectivity index (χ0) is 20.4. The summed E-state index contributed by atoms with van der Waals surface area (Å²) in [7, 11) is -3.98. The number of sulfone groups is 1. The highest BCUT2D eigenvalue weighted by Crippen LogP contribution is 2.34. The van der Waals surface area contributed by atoms with Crippen LogP contribution in [0.4, 0.5) is 5.82 Å². The van der Waals surface area contributed by atoms with E-state index in [1.807, 2.05) is 42.2 Å². The van der Waals surface area contributed by atoms with E-state index in [1.54, 1.807) is 18.2 Å². The molecule has 1 aliphatic rings. The van der Waals surface area contributed by atoms with Crippen LogP contribution in [-0.2, 0) is 14.6 Å². The molecule has 0 unspecified atom stereocenters. The van der Waals surface area contributed by atoms with Crippen molar-refractivity contribution < 1.29 is 13.2 Å². The van der Waals surface area contributed by atoms with Crippen molar-refractivity contribution in [3.8, 4) is 6.07 Å². The zero-order valence-electron chi connectivity index (χ0n) is 15.9. The Morgan fingerprint density at radius 3 is 2.41 bits per heavy atom. The molecule has 0 N–H and O–H groups in total. The Bertz CT molecular complexity index is 1200. The van der Waals surface area contributed by atoms with E-state index >= 15 is 0 Å². The summed E-state index contributed by atoms with van der Waals surface area (Å²) in [5.41, 5.74) is 2.18. The molecule has 2 aromatic carbocycles.